The van der Waals surface area contributed by atoms with Gasteiger partial charge in [0, 0.05) is 10.9 Å². The average molecular weight is 467 g/mol. The van der Waals surface area contributed by atoms with E-state index in [0.717, 1.165) is 16.3 Å². The van der Waals surface area contributed by atoms with Crippen molar-refractivity contribution in [1.82, 2.24) is 9.78 Å². The third-order valence-corrected chi connectivity index (χ3v) is 5.17. The van der Waals surface area contributed by atoms with Crippen molar-refractivity contribution in [1.29, 1.82) is 0 Å². The summed E-state index contributed by atoms with van der Waals surface area (Å²) in [6, 6.07) is 13.6. The number of anilines is 1. The molecule has 130 valence electrons. The quantitative estimate of drug-likeness (QED) is 0.386. The molecule has 0 atom stereocenters. The summed E-state index contributed by atoms with van der Waals surface area (Å²) in [5, 5.41) is 6.28. The Bertz CT molecular complexity index is 815. The standard InChI is InChI=1S/C18H18IN3O2S/c1-14-4-6-15(7-5-14)24-12-18(23)21(11-16-3-2-10-25-16)17-8-9-20-22(17)13-19/h2-10H,11-13H2,1H3. The van der Waals surface area contributed by atoms with Gasteiger partial charge in [-0.15, -0.1) is 11.3 Å². The summed E-state index contributed by atoms with van der Waals surface area (Å²) in [7, 11) is 0. The Morgan fingerprint density at radius 3 is 2.76 bits per heavy atom. The molecule has 1 aromatic carbocycles. The van der Waals surface area contributed by atoms with E-state index in [1.54, 1.807) is 27.1 Å². The number of aromatic nitrogens is 2. The maximum Gasteiger partial charge on any atom is 0.266 e. The van der Waals surface area contributed by atoms with Crippen LogP contribution in [0.1, 0.15) is 10.4 Å². The lowest BCUT2D eigenvalue weighted by molar-refractivity contribution is -0.120. The van der Waals surface area contributed by atoms with Crippen LogP contribution in [0.4, 0.5) is 5.82 Å². The van der Waals surface area contributed by atoms with E-state index in [1.807, 2.05) is 54.8 Å². The third-order valence-electron chi connectivity index (χ3n) is 3.66. The molecule has 0 aliphatic rings. The highest BCUT2D eigenvalue weighted by atomic mass is 127. The van der Waals surface area contributed by atoms with Crippen molar-refractivity contribution >= 4 is 45.7 Å². The average Bonchev–Trinajstić information content (AvgIpc) is 3.30. The van der Waals surface area contributed by atoms with Crippen LogP contribution in [0.3, 0.4) is 0 Å². The van der Waals surface area contributed by atoms with E-state index in [2.05, 4.69) is 27.7 Å². The maximum absolute atomic E-state index is 12.8. The first kappa shape index (κ1) is 17.9. The molecule has 0 bridgehead atoms. The molecule has 0 saturated carbocycles. The van der Waals surface area contributed by atoms with Gasteiger partial charge in [-0.1, -0.05) is 46.4 Å². The lowest BCUT2D eigenvalue weighted by atomic mass is 10.2. The van der Waals surface area contributed by atoms with Crippen molar-refractivity contribution in [2.24, 2.45) is 0 Å². The number of hydrogen-bond acceptors (Lipinski definition) is 4. The van der Waals surface area contributed by atoms with Crippen LogP contribution in [0.2, 0.25) is 0 Å². The van der Waals surface area contributed by atoms with E-state index >= 15 is 0 Å². The fraction of sp³-hybridized carbons (Fsp3) is 0.222. The van der Waals surface area contributed by atoms with E-state index in [0.29, 0.717) is 16.8 Å². The highest BCUT2D eigenvalue weighted by molar-refractivity contribution is 14.1. The summed E-state index contributed by atoms with van der Waals surface area (Å²) >= 11 is 3.86. The molecule has 3 aromatic rings. The van der Waals surface area contributed by atoms with Crippen molar-refractivity contribution in [3.8, 4) is 5.75 Å². The normalized spacial score (nSPS) is 10.6. The fourth-order valence-electron chi connectivity index (χ4n) is 2.36. The first-order valence-corrected chi connectivity index (χ1v) is 10.2. The monoisotopic (exact) mass is 467 g/mol. The second kappa shape index (κ2) is 8.48. The van der Waals surface area contributed by atoms with Crippen LogP contribution in [0, 0.1) is 6.92 Å². The zero-order valence-corrected chi connectivity index (χ0v) is 16.7. The Kier molecular flexibility index (Phi) is 6.09. The zero-order valence-electron chi connectivity index (χ0n) is 13.8. The molecule has 0 radical (unpaired) electrons. The van der Waals surface area contributed by atoms with Crippen LogP contribution in [0.15, 0.2) is 54.0 Å². The van der Waals surface area contributed by atoms with Gasteiger partial charge >= 0.3 is 0 Å². The van der Waals surface area contributed by atoms with E-state index in [-0.39, 0.29) is 12.5 Å². The van der Waals surface area contributed by atoms with Crippen molar-refractivity contribution < 1.29 is 9.53 Å². The van der Waals surface area contributed by atoms with Crippen molar-refractivity contribution in [2.45, 2.75) is 18.0 Å². The summed E-state index contributed by atoms with van der Waals surface area (Å²) in [6.07, 6.45) is 1.71. The number of hydrogen-bond donors (Lipinski definition) is 0. The number of amides is 1. The van der Waals surface area contributed by atoms with Gasteiger partial charge in [0.05, 0.1) is 17.3 Å². The molecule has 0 fully saturated rings. The van der Waals surface area contributed by atoms with Crippen molar-refractivity contribution in [3.63, 3.8) is 0 Å². The first-order chi connectivity index (χ1) is 12.2. The van der Waals surface area contributed by atoms with E-state index in [4.69, 9.17) is 4.74 Å². The lowest BCUT2D eigenvalue weighted by Gasteiger charge is -2.22. The van der Waals surface area contributed by atoms with Gasteiger partial charge in [0.15, 0.2) is 6.61 Å². The minimum Gasteiger partial charge on any atom is -0.484 e. The predicted molar refractivity (Wildman–Crippen MR) is 108 cm³/mol. The molecule has 7 heteroatoms. The minimum absolute atomic E-state index is 0.0130. The van der Waals surface area contributed by atoms with Gasteiger partial charge in [-0.2, -0.15) is 5.10 Å². The molecule has 0 N–H and O–H groups in total. The summed E-state index contributed by atoms with van der Waals surface area (Å²) < 4.78 is 8.15. The molecule has 1 amide bonds. The topological polar surface area (TPSA) is 47.4 Å². The molecule has 0 unspecified atom stereocenters. The number of thiophene rings is 1. The van der Waals surface area contributed by atoms with Gasteiger partial charge in [0.1, 0.15) is 11.6 Å². The summed E-state index contributed by atoms with van der Waals surface area (Å²) in [5.74, 6) is 1.37. The Morgan fingerprint density at radius 2 is 2.08 bits per heavy atom. The number of nitrogens with zero attached hydrogens (tertiary/aromatic N) is 3. The number of halogens is 1. The molecule has 0 aliphatic carbocycles. The molecular formula is C18H18IN3O2S. The molecule has 2 heterocycles. The molecule has 3 rings (SSSR count). The lowest BCUT2D eigenvalue weighted by Crippen LogP contribution is -2.35. The summed E-state index contributed by atoms with van der Waals surface area (Å²) in [5.41, 5.74) is 1.16. The highest BCUT2D eigenvalue weighted by Crippen LogP contribution is 2.21. The Balaban J connectivity index is 1.75. The number of ether oxygens (including phenoxy) is 1. The largest absolute Gasteiger partial charge is 0.484 e. The summed E-state index contributed by atoms with van der Waals surface area (Å²) in [4.78, 5) is 15.7. The first-order valence-electron chi connectivity index (χ1n) is 7.77. The second-order valence-corrected chi connectivity index (χ2v) is 7.18. The third kappa shape index (κ3) is 4.60. The van der Waals surface area contributed by atoms with Gasteiger partial charge < -0.3 is 4.74 Å². The van der Waals surface area contributed by atoms with Gasteiger partial charge in [-0.3, -0.25) is 9.69 Å². The number of alkyl halides is 1. The van der Waals surface area contributed by atoms with Crippen LogP contribution >= 0.6 is 33.9 Å². The van der Waals surface area contributed by atoms with E-state index in [9.17, 15) is 4.79 Å². The molecule has 0 aliphatic heterocycles. The van der Waals surface area contributed by atoms with Gasteiger partial charge in [0.25, 0.3) is 5.91 Å². The molecule has 25 heavy (non-hydrogen) atoms. The molecular weight excluding hydrogens is 449 g/mol. The number of carbonyl (C=O) groups is 1. The molecule has 2 aromatic heterocycles. The van der Waals surface area contributed by atoms with Crippen LogP contribution in [-0.4, -0.2) is 22.3 Å². The minimum atomic E-state index is -0.0967. The summed E-state index contributed by atoms with van der Waals surface area (Å²) in [6.45, 7) is 2.51. The molecule has 0 spiro atoms. The van der Waals surface area contributed by atoms with E-state index in [1.165, 1.54) is 0 Å². The smallest absolute Gasteiger partial charge is 0.266 e. The predicted octanol–water partition coefficient (Wildman–Crippen LogP) is 4.26. The SMILES string of the molecule is Cc1ccc(OCC(=O)N(Cc2cccs2)c2ccnn2CI)cc1. The Labute approximate surface area is 164 Å². The highest BCUT2D eigenvalue weighted by Gasteiger charge is 2.21. The van der Waals surface area contributed by atoms with Crippen LogP contribution in [-0.2, 0) is 15.9 Å². The van der Waals surface area contributed by atoms with Gasteiger partial charge in [-0.05, 0) is 30.5 Å². The maximum atomic E-state index is 12.8. The molecule has 5 nitrogen and oxygen atoms in total. The Morgan fingerprint density at radius 1 is 1.28 bits per heavy atom. The van der Waals surface area contributed by atoms with E-state index < -0.39 is 0 Å². The van der Waals surface area contributed by atoms with Crippen molar-refractivity contribution in [3.05, 3.63) is 64.5 Å². The van der Waals surface area contributed by atoms with Crippen molar-refractivity contribution in [2.75, 3.05) is 11.5 Å². The number of aryl methyl sites for hydroxylation is 1. The number of carbonyl (C=O) groups excluding carboxylic acids is 1. The van der Waals surface area contributed by atoms with Crippen LogP contribution in [0.5, 0.6) is 5.75 Å². The fourth-order valence-corrected chi connectivity index (χ4v) is 3.58. The zero-order chi connectivity index (χ0) is 17.6. The van der Waals surface area contributed by atoms with Gasteiger partial charge in [0.2, 0.25) is 0 Å². The van der Waals surface area contributed by atoms with Crippen LogP contribution in [0.25, 0.3) is 0 Å². The number of benzene rings is 1. The molecule has 0 saturated heterocycles. The van der Waals surface area contributed by atoms with Gasteiger partial charge in [-0.25, -0.2) is 4.68 Å². The number of rotatable bonds is 7. The van der Waals surface area contributed by atoms with Crippen LogP contribution < -0.4 is 9.64 Å². The second-order valence-electron chi connectivity index (χ2n) is 5.47. The Hall–Kier alpha value is -1.87.